The third kappa shape index (κ3) is 6.69. The Labute approximate surface area is 232 Å². The Bertz CT molecular complexity index is 1610. The number of sulfonamides is 1. The summed E-state index contributed by atoms with van der Waals surface area (Å²) in [6.45, 7) is 10.8. The predicted octanol–water partition coefficient (Wildman–Crippen LogP) is 7.40. The molecule has 0 amide bonds. The van der Waals surface area contributed by atoms with Gasteiger partial charge in [-0.05, 0) is 41.5 Å². The molecule has 0 aliphatic rings. The van der Waals surface area contributed by atoms with Crippen LogP contribution in [0.3, 0.4) is 0 Å². The summed E-state index contributed by atoms with van der Waals surface area (Å²) in [7, 11) is -4.29. The van der Waals surface area contributed by atoms with Gasteiger partial charge in [-0.15, -0.1) is 11.3 Å². The Morgan fingerprint density at radius 3 is 2.46 bits per heavy atom. The fourth-order valence-electron chi connectivity index (χ4n) is 4.12. The van der Waals surface area contributed by atoms with Crippen molar-refractivity contribution < 1.29 is 21.9 Å². The van der Waals surface area contributed by atoms with Gasteiger partial charge in [0.25, 0.3) is 0 Å². The molecule has 0 fully saturated rings. The maximum absolute atomic E-state index is 15.0. The second kappa shape index (κ2) is 11.1. The highest BCUT2D eigenvalue weighted by molar-refractivity contribution is 7.89. The SMILES string of the molecule is CC(C)c1ccccc1-c1nc(-c2c(S(N)(=O)=O)ccnc2F)sc1-c1cc(F)cc(OCCC(C)(C)C)c1. The van der Waals surface area contributed by atoms with E-state index >= 15 is 4.39 Å². The number of hydrogen-bond acceptors (Lipinski definition) is 6. The predicted molar refractivity (Wildman–Crippen MR) is 151 cm³/mol. The van der Waals surface area contributed by atoms with Crippen molar-refractivity contribution in [2.75, 3.05) is 6.61 Å². The number of thiazole rings is 1. The van der Waals surface area contributed by atoms with Gasteiger partial charge in [-0.25, -0.2) is 27.9 Å². The molecular formula is C29H31F2N3O3S2. The lowest BCUT2D eigenvalue weighted by atomic mass is 9.93. The fourth-order valence-corrected chi connectivity index (χ4v) is 6.02. The summed E-state index contributed by atoms with van der Waals surface area (Å²) in [5, 5.41) is 5.46. The molecule has 2 aromatic heterocycles. The van der Waals surface area contributed by atoms with Crippen LogP contribution >= 0.6 is 11.3 Å². The molecule has 0 spiro atoms. The van der Waals surface area contributed by atoms with E-state index in [1.807, 2.05) is 38.1 Å². The Balaban J connectivity index is 1.95. The van der Waals surface area contributed by atoms with E-state index in [9.17, 15) is 12.8 Å². The van der Waals surface area contributed by atoms with Gasteiger partial charge in [-0.2, -0.15) is 4.39 Å². The lowest BCUT2D eigenvalue weighted by Crippen LogP contribution is -2.14. The van der Waals surface area contributed by atoms with Crippen molar-refractivity contribution in [3.63, 3.8) is 0 Å². The minimum Gasteiger partial charge on any atom is -0.493 e. The summed E-state index contributed by atoms with van der Waals surface area (Å²) in [6.07, 6.45) is 1.81. The maximum atomic E-state index is 15.0. The number of ether oxygens (including phenoxy) is 1. The quantitative estimate of drug-likeness (QED) is 0.222. The second-order valence-corrected chi connectivity index (χ2v) is 13.3. The second-order valence-electron chi connectivity index (χ2n) is 10.8. The molecule has 2 aromatic carbocycles. The van der Waals surface area contributed by atoms with Crippen molar-refractivity contribution in [2.45, 2.75) is 51.9 Å². The molecule has 4 aromatic rings. The topological polar surface area (TPSA) is 95.2 Å². The normalized spacial score (nSPS) is 12.2. The molecule has 0 saturated carbocycles. The zero-order valence-corrected chi connectivity index (χ0v) is 24.1. The van der Waals surface area contributed by atoms with E-state index in [4.69, 9.17) is 14.9 Å². The molecule has 0 atom stereocenters. The number of aromatic nitrogens is 2. The van der Waals surface area contributed by atoms with Gasteiger partial charge >= 0.3 is 0 Å². The van der Waals surface area contributed by atoms with Gasteiger partial charge in [0.15, 0.2) is 0 Å². The lowest BCUT2D eigenvalue weighted by Gasteiger charge is -2.18. The van der Waals surface area contributed by atoms with Gasteiger partial charge in [0.1, 0.15) is 16.6 Å². The van der Waals surface area contributed by atoms with Crippen LogP contribution in [0.15, 0.2) is 59.6 Å². The van der Waals surface area contributed by atoms with Gasteiger partial charge in [0.2, 0.25) is 16.0 Å². The van der Waals surface area contributed by atoms with Crippen molar-refractivity contribution in [2.24, 2.45) is 10.6 Å². The summed E-state index contributed by atoms with van der Waals surface area (Å²) in [4.78, 5) is 8.46. The molecule has 2 heterocycles. The van der Waals surface area contributed by atoms with Crippen LogP contribution in [0.1, 0.15) is 52.5 Å². The van der Waals surface area contributed by atoms with Crippen LogP contribution in [-0.4, -0.2) is 25.0 Å². The number of pyridine rings is 1. The summed E-state index contributed by atoms with van der Waals surface area (Å²) < 4.78 is 60.4. The summed E-state index contributed by atoms with van der Waals surface area (Å²) in [5.41, 5.74) is 2.41. The lowest BCUT2D eigenvalue weighted by molar-refractivity contribution is 0.242. The van der Waals surface area contributed by atoms with Gasteiger partial charge in [0, 0.05) is 23.4 Å². The molecule has 6 nitrogen and oxygen atoms in total. The third-order valence-corrected chi connectivity index (χ3v) is 8.18. The number of nitrogens with zero attached hydrogens (tertiary/aromatic N) is 2. The Morgan fingerprint density at radius 2 is 1.79 bits per heavy atom. The van der Waals surface area contributed by atoms with E-state index < -0.39 is 26.7 Å². The molecule has 10 heteroatoms. The standard InChI is InChI=1S/C29H31F2N3O3S2/c1-17(2)21-8-6-7-9-22(21)25-26(18-14-19(30)16-20(15-18)37-13-11-29(3,4)5)38-28(34-25)24-23(39(32,35)36)10-12-33-27(24)31/h6-10,12,14-17H,11,13H2,1-5H3,(H2,32,35,36). The first-order valence-corrected chi connectivity index (χ1v) is 14.8. The molecule has 4 rings (SSSR count). The first-order valence-electron chi connectivity index (χ1n) is 12.5. The van der Waals surface area contributed by atoms with E-state index in [-0.39, 0.29) is 21.9 Å². The van der Waals surface area contributed by atoms with Gasteiger partial charge < -0.3 is 4.74 Å². The molecule has 2 N–H and O–H groups in total. The molecule has 0 bridgehead atoms. The van der Waals surface area contributed by atoms with Crippen molar-refractivity contribution in [3.8, 4) is 38.0 Å². The fraction of sp³-hybridized carbons (Fsp3) is 0.310. The highest BCUT2D eigenvalue weighted by Crippen LogP contribution is 2.45. The minimum atomic E-state index is -4.29. The number of nitrogens with two attached hydrogens (primary N) is 1. The molecule has 0 aliphatic heterocycles. The van der Waals surface area contributed by atoms with Crippen LogP contribution in [0.25, 0.3) is 32.3 Å². The number of rotatable bonds is 8. The Morgan fingerprint density at radius 1 is 1.08 bits per heavy atom. The molecule has 39 heavy (non-hydrogen) atoms. The number of hydrogen-bond donors (Lipinski definition) is 1. The highest BCUT2D eigenvalue weighted by atomic mass is 32.2. The Hall–Kier alpha value is -3.21. The van der Waals surface area contributed by atoms with Gasteiger partial charge in [0.05, 0.1) is 27.6 Å². The van der Waals surface area contributed by atoms with Gasteiger partial charge in [-0.3, -0.25) is 0 Å². The Kier molecular flexibility index (Phi) is 8.20. The first-order chi connectivity index (χ1) is 18.2. The average molecular weight is 572 g/mol. The van der Waals surface area contributed by atoms with E-state index in [1.165, 1.54) is 12.1 Å². The zero-order valence-electron chi connectivity index (χ0n) is 22.5. The number of halogens is 2. The molecular weight excluding hydrogens is 540 g/mol. The smallest absolute Gasteiger partial charge is 0.238 e. The highest BCUT2D eigenvalue weighted by Gasteiger charge is 2.26. The average Bonchev–Trinajstić information content (AvgIpc) is 3.27. The van der Waals surface area contributed by atoms with Crippen LogP contribution in [-0.2, 0) is 10.0 Å². The minimum absolute atomic E-state index is 0.0469. The molecule has 0 radical (unpaired) electrons. The monoisotopic (exact) mass is 571 g/mol. The number of primary sulfonamides is 1. The molecule has 0 unspecified atom stereocenters. The zero-order chi connectivity index (χ0) is 28.5. The molecule has 0 saturated heterocycles. The number of benzene rings is 2. The first kappa shape index (κ1) is 28.8. The van der Waals surface area contributed by atoms with E-state index in [0.717, 1.165) is 41.1 Å². The van der Waals surface area contributed by atoms with Crippen LogP contribution < -0.4 is 9.88 Å². The summed E-state index contributed by atoms with van der Waals surface area (Å²) in [6, 6.07) is 13.1. The summed E-state index contributed by atoms with van der Waals surface area (Å²) in [5.74, 6) is -1.05. The van der Waals surface area contributed by atoms with Crippen LogP contribution in [0.2, 0.25) is 0 Å². The van der Waals surface area contributed by atoms with E-state index in [2.05, 4.69) is 25.8 Å². The van der Waals surface area contributed by atoms with Crippen LogP contribution in [0, 0.1) is 17.2 Å². The van der Waals surface area contributed by atoms with Crippen molar-refractivity contribution >= 4 is 21.4 Å². The molecule has 206 valence electrons. The van der Waals surface area contributed by atoms with Crippen LogP contribution in [0.5, 0.6) is 5.75 Å². The van der Waals surface area contributed by atoms with Gasteiger partial charge in [-0.1, -0.05) is 58.9 Å². The van der Waals surface area contributed by atoms with E-state index in [1.54, 1.807) is 6.07 Å². The maximum Gasteiger partial charge on any atom is 0.238 e. The molecule has 0 aliphatic carbocycles. The summed E-state index contributed by atoms with van der Waals surface area (Å²) >= 11 is 1.04. The van der Waals surface area contributed by atoms with Crippen molar-refractivity contribution in [1.82, 2.24) is 9.97 Å². The van der Waals surface area contributed by atoms with Crippen molar-refractivity contribution in [3.05, 3.63) is 72.1 Å². The third-order valence-electron chi connectivity index (χ3n) is 6.11. The largest absolute Gasteiger partial charge is 0.493 e. The van der Waals surface area contributed by atoms with Crippen LogP contribution in [0.4, 0.5) is 8.78 Å². The van der Waals surface area contributed by atoms with E-state index in [0.29, 0.717) is 28.5 Å². The van der Waals surface area contributed by atoms with Crippen molar-refractivity contribution in [1.29, 1.82) is 0 Å².